The molecule has 0 fully saturated rings. The standard InChI is InChI=1S/C16H12Cl2N2OS/c1-22-9-15-19-14-5-3-2-4-11(14)16(21)20(15)10-6-7-12(17)13(18)8-10/h2-8H,9H2,1H3. The molecule has 0 atom stereocenters. The predicted molar refractivity (Wildman–Crippen MR) is 94.6 cm³/mol. The number of hydrogen-bond acceptors (Lipinski definition) is 3. The van der Waals surface area contributed by atoms with Crippen LogP contribution in [0.25, 0.3) is 16.6 Å². The third-order valence-electron chi connectivity index (χ3n) is 3.28. The lowest BCUT2D eigenvalue weighted by Gasteiger charge is -2.13. The topological polar surface area (TPSA) is 34.9 Å². The molecule has 0 spiro atoms. The van der Waals surface area contributed by atoms with Crippen LogP contribution in [-0.4, -0.2) is 15.8 Å². The van der Waals surface area contributed by atoms with Gasteiger partial charge in [0, 0.05) is 0 Å². The number of aromatic nitrogens is 2. The Balaban J connectivity index is 2.35. The number of fused-ring (bicyclic) bond motifs is 1. The molecule has 3 aromatic rings. The van der Waals surface area contributed by atoms with Gasteiger partial charge in [-0.05, 0) is 36.6 Å². The van der Waals surface area contributed by atoms with Crippen molar-refractivity contribution < 1.29 is 0 Å². The highest BCUT2D eigenvalue weighted by Crippen LogP contribution is 2.25. The molecule has 0 saturated carbocycles. The molecule has 0 radical (unpaired) electrons. The lowest BCUT2D eigenvalue weighted by molar-refractivity contribution is 0.885. The molecule has 0 aliphatic rings. The van der Waals surface area contributed by atoms with Gasteiger partial charge in [-0.15, -0.1) is 0 Å². The first kappa shape index (κ1) is 15.4. The quantitative estimate of drug-likeness (QED) is 0.694. The summed E-state index contributed by atoms with van der Waals surface area (Å²) in [5.74, 6) is 1.31. The van der Waals surface area contributed by atoms with Gasteiger partial charge < -0.3 is 0 Å². The normalized spacial score (nSPS) is 11.0. The SMILES string of the molecule is CSCc1nc2ccccc2c(=O)n1-c1ccc(Cl)c(Cl)c1. The number of para-hydroxylation sites is 1. The van der Waals surface area contributed by atoms with Crippen molar-refractivity contribution >= 4 is 45.9 Å². The highest BCUT2D eigenvalue weighted by atomic mass is 35.5. The Morgan fingerprint density at radius 3 is 2.64 bits per heavy atom. The number of nitrogens with zero attached hydrogens (tertiary/aromatic N) is 2. The molecular formula is C16H12Cl2N2OS. The van der Waals surface area contributed by atoms with Crippen LogP contribution < -0.4 is 5.56 Å². The van der Waals surface area contributed by atoms with Crippen LogP contribution in [0.3, 0.4) is 0 Å². The smallest absolute Gasteiger partial charge is 0.265 e. The van der Waals surface area contributed by atoms with E-state index < -0.39 is 0 Å². The minimum absolute atomic E-state index is 0.104. The molecule has 1 aromatic heterocycles. The van der Waals surface area contributed by atoms with Crippen molar-refractivity contribution in [3.8, 4) is 5.69 Å². The summed E-state index contributed by atoms with van der Waals surface area (Å²) in [6.45, 7) is 0. The van der Waals surface area contributed by atoms with Crippen LogP contribution in [0.15, 0.2) is 47.3 Å². The fourth-order valence-electron chi connectivity index (χ4n) is 2.30. The van der Waals surface area contributed by atoms with Crippen LogP contribution in [-0.2, 0) is 5.75 Å². The molecule has 0 saturated heterocycles. The molecule has 1 heterocycles. The molecule has 0 amide bonds. The fraction of sp³-hybridized carbons (Fsp3) is 0.125. The Kier molecular flexibility index (Phi) is 4.43. The van der Waals surface area contributed by atoms with E-state index in [1.807, 2.05) is 24.5 Å². The molecule has 112 valence electrons. The molecule has 0 N–H and O–H groups in total. The minimum atomic E-state index is -0.104. The lowest BCUT2D eigenvalue weighted by atomic mass is 10.2. The number of benzene rings is 2. The maximum absolute atomic E-state index is 12.9. The molecular weight excluding hydrogens is 339 g/mol. The molecule has 3 rings (SSSR count). The molecule has 22 heavy (non-hydrogen) atoms. The number of thioether (sulfide) groups is 1. The zero-order chi connectivity index (χ0) is 15.7. The van der Waals surface area contributed by atoms with Crippen molar-refractivity contribution in [1.82, 2.24) is 9.55 Å². The highest BCUT2D eigenvalue weighted by molar-refractivity contribution is 7.97. The molecule has 0 unspecified atom stereocenters. The third kappa shape index (κ3) is 2.74. The zero-order valence-corrected chi connectivity index (χ0v) is 14.0. The van der Waals surface area contributed by atoms with E-state index in [4.69, 9.17) is 23.2 Å². The summed E-state index contributed by atoms with van der Waals surface area (Å²) in [6.07, 6.45) is 1.97. The van der Waals surface area contributed by atoms with Crippen molar-refractivity contribution in [2.24, 2.45) is 0 Å². The van der Waals surface area contributed by atoms with Crippen LogP contribution >= 0.6 is 35.0 Å². The number of hydrogen-bond donors (Lipinski definition) is 0. The van der Waals surface area contributed by atoms with E-state index in [1.54, 1.807) is 40.6 Å². The number of halogens is 2. The van der Waals surface area contributed by atoms with Crippen molar-refractivity contribution in [2.75, 3.05) is 6.26 Å². The van der Waals surface area contributed by atoms with Gasteiger partial charge in [-0.1, -0.05) is 35.3 Å². The van der Waals surface area contributed by atoms with Crippen molar-refractivity contribution in [1.29, 1.82) is 0 Å². The van der Waals surface area contributed by atoms with Crippen LogP contribution in [0.4, 0.5) is 0 Å². The summed E-state index contributed by atoms with van der Waals surface area (Å²) < 4.78 is 1.60. The summed E-state index contributed by atoms with van der Waals surface area (Å²) in [5.41, 5.74) is 1.27. The Morgan fingerprint density at radius 1 is 1.14 bits per heavy atom. The second-order valence-corrected chi connectivity index (χ2v) is 6.40. The zero-order valence-electron chi connectivity index (χ0n) is 11.7. The van der Waals surface area contributed by atoms with E-state index >= 15 is 0 Å². The van der Waals surface area contributed by atoms with Crippen LogP contribution in [0.2, 0.25) is 10.0 Å². The summed E-state index contributed by atoms with van der Waals surface area (Å²) in [4.78, 5) is 17.5. The van der Waals surface area contributed by atoms with Gasteiger partial charge in [-0.25, -0.2) is 4.98 Å². The van der Waals surface area contributed by atoms with Crippen molar-refractivity contribution in [3.63, 3.8) is 0 Å². The van der Waals surface area contributed by atoms with E-state index in [0.717, 1.165) is 0 Å². The van der Waals surface area contributed by atoms with Gasteiger partial charge in [0.05, 0.1) is 32.4 Å². The van der Waals surface area contributed by atoms with Gasteiger partial charge in [0.2, 0.25) is 0 Å². The predicted octanol–water partition coefficient (Wildman–Crippen LogP) is 4.56. The second-order valence-electron chi connectivity index (χ2n) is 4.72. The van der Waals surface area contributed by atoms with Gasteiger partial charge >= 0.3 is 0 Å². The maximum Gasteiger partial charge on any atom is 0.265 e. The first-order chi connectivity index (χ1) is 10.6. The molecule has 0 aliphatic carbocycles. The van der Waals surface area contributed by atoms with Crippen molar-refractivity contribution in [3.05, 3.63) is 68.7 Å². The van der Waals surface area contributed by atoms with E-state index in [1.165, 1.54) is 0 Å². The monoisotopic (exact) mass is 350 g/mol. The fourth-order valence-corrected chi connectivity index (χ4v) is 3.04. The second kappa shape index (κ2) is 6.32. The van der Waals surface area contributed by atoms with Gasteiger partial charge in [0.1, 0.15) is 5.82 Å². The highest BCUT2D eigenvalue weighted by Gasteiger charge is 2.13. The van der Waals surface area contributed by atoms with Gasteiger partial charge in [0.25, 0.3) is 5.56 Å². The Labute approximate surface area is 141 Å². The van der Waals surface area contributed by atoms with E-state index in [0.29, 0.717) is 38.2 Å². The number of rotatable bonds is 3. The first-order valence-corrected chi connectivity index (χ1v) is 8.72. The molecule has 2 aromatic carbocycles. The van der Waals surface area contributed by atoms with Crippen LogP contribution in [0, 0.1) is 0 Å². The first-order valence-electron chi connectivity index (χ1n) is 6.57. The molecule has 3 nitrogen and oxygen atoms in total. The molecule has 0 bridgehead atoms. The van der Waals surface area contributed by atoms with Gasteiger partial charge in [-0.3, -0.25) is 9.36 Å². The summed E-state index contributed by atoms with van der Waals surface area (Å²) in [7, 11) is 0. The average molecular weight is 351 g/mol. The minimum Gasteiger partial charge on any atom is -0.268 e. The average Bonchev–Trinajstić information content (AvgIpc) is 2.51. The Bertz CT molecular complexity index is 908. The van der Waals surface area contributed by atoms with Crippen LogP contribution in [0.1, 0.15) is 5.82 Å². The van der Waals surface area contributed by atoms with E-state index in [2.05, 4.69) is 4.98 Å². The largest absolute Gasteiger partial charge is 0.268 e. The summed E-state index contributed by atoms with van der Waals surface area (Å²) in [6, 6.07) is 12.5. The lowest BCUT2D eigenvalue weighted by Crippen LogP contribution is -2.23. The van der Waals surface area contributed by atoms with E-state index in [-0.39, 0.29) is 5.56 Å². The Hall–Kier alpha value is -1.49. The van der Waals surface area contributed by atoms with Crippen molar-refractivity contribution in [2.45, 2.75) is 5.75 Å². The van der Waals surface area contributed by atoms with Gasteiger partial charge in [0.15, 0.2) is 0 Å². The van der Waals surface area contributed by atoms with Crippen LogP contribution in [0.5, 0.6) is 0 Å². The van der Waals surface area contributed by atoms with E-state index in [9.17, 15) is 4.79 Å². The summed E-state index contributed by atoms with van der Waals surface area (Å²) in [5, 5.41) is 1.45. The molecule has 6 heteroatoms. The summed E-state index contributed by atoms with van der Waals surface area (Å²) >= 11 is 13.7. The maximum atomic E-state index is 12.9. The molecule has 0 aliphatic heterocycles. The third-order valence-corrected chi connectivity index (χ3v) is 4.57. The Morgan fingerprint density at radius 2 is 1.91 bits per heavy atom. The van der Waals surface area contributed by atoms with Gasteiger partial charge in [-0.2, -0.15) is 11.8 Å².